The molecule has 0 aromatic carbocycles. The Hall–Kier alpha value is -1.03. The van der Waals surface area contributed by atoms with Crippen molar-refractivity contribution in [1.82, 2.24) is 14.7 Å². The van der Waals surface area contributed by atoms with E-state index in [4.69, 9.17) is 0 Å². The van der Waals surface area contributed by atoms with Crippen LogP contribution in [0.2, 0.25) is 0 Å². The summed E-state index contributed by atoms with van der Waals surface area (Å²) in [6, 6.07) is 0.919. The van der Waals surface area contributed by atoms with Crippen LogP contribution in [0.5, 0.6) is 0 Å². The zero-order valence-electron chi connectivity index (χ0n) is 17.5. The molecule has 0 aromatic rings. The standard InChI is InChI=1S/C22H41N3O/c1-5-8-9-10-11-12-13-14-23(7-3)18-22(26)25-17-20-15-21(25)16-24(20)19(4)6-2/h20-21H,4-18H2,1-3H3. The second-order valence-corrected chi connectivity index (χ2v) is 8.15. The van der Waals surface area contributed by atoms with Crippen LogP contribution >= 0.6 is 0 Å². The lowest BCUT2D eigenvalue weighted by Crippen LogP contribution is -2.50. The van der Waals surface area contributed by atoms with Crippen LogP contribution in [0, 0.1) is 0 Å². The maximum Gasteiger partial charge on any atom is 0.237 e. The second kappa shape index (κ2) is 11.0. The van der Waals surface area contributed by atoms with Crippen LogP contribution in [0.4, 0.5) is 0 Å². The number of piperazine rings is 1. The van der Waals surface area contributed by atoms with Crippen molar-refractivity contribution < 1.29 is 4.79 Å². The van der Waals surface area contributed by atoms with E-state index in [1.165, 1.54) is 50.6 Å². The lowest BCUT2D eigenvalue weighted by molar-refractivity contribution is -0.134. The third-order valence-electron chi connectivity index (χ3n) is 6.26. The number of nitrogens with zero attached hydrogens (tertiary/aromatic N) is 3. The van der Waals surface area contributed by atoms with Crippen LogP contribution in [-0.2, 0) is 4.79 Å². The van der Waals surface area contributed by atoms with Crippen molar-refractivity contribution in [2.24, 2.45) is 0 Å². The molecule has 2 atom stereocenters. The van der Waals surface area contributed by atoms with Crippen molar-refractivity contribution >= 4 is 5.91 Å². The fourth-order valence-electron chi connectivity index (χ4n) is 4.49. The van der Waals surface area contributed by atoms with Crippen LogP contribution in [0.25, 0.3) is 0 Å². The first-order valence-electron chi connectivity index (χ1n) is 11.1. The molecule has 2 heterocycles. The maximum absolute atomic E-state index is 12.8. The molecule has 26 heavy (non-hydrogen) atoms. The molecular formula is C22H41N3O. The predicted molar refractivity (Wildman–Crippen MR) is 110 cm³/mol. The van der Waals surface area contributed by atoms with E-state index < -0.39 is 0 Å². The van der Waals surface area contributed by atoms with E-state index in [0.717, 1.165) is 39.0 Å². The zero-order valence-corrected chi connectivity index (χ0v) is 17.5. The lowest BCUT2D eigenvalue weighted by Gasteiger charge is -2.37. The quantitative estimate of drug-likeness (QED) is 0.457. The first-order chi connectivity index (χ1) is 12.6. The van der Waals surface area contributed by atoms with Crippen molar-refractivity contribution in [1.29, 1.82) is 0 Å². The molecule has 150 valence electrons. The Morgan fingerprint density at radius 2 is 1.58 bits per heavy atom. The fraction of sp³-hybridized carbons (Fsp3) is 0.864. The van der Waals surface area contributed by atoms with Crippen LogP contribution in [0.3, 0.4) is 0 Å². The van der Waals surface area contributed by atoms with E-state index in [0.29, 0.717) is 24.5 Å². The molecule has 4 heteroatoms. The Kier molecular flexibility index (Phi) is 8.97. The zero-order chi connectivity index (χ0) is 18.9. The Morgan fingerprint density at radius 1 is 0.962 bits per heavy atom. The number of hydrogen-bond acceptors (Lipinski definition) is 3. The monoisotopic (exact) mass is 363 g/mol. The van der Waals surface area contributed by atoms with Crippen molar-refractivity contribution in [3.8, 4) is 0 Å². The molecule has 0 aliphatic carbocycles. The number of allylic oxidation sites excluding steroid dienone is 1. The summed E-state index contributed by atoms with van der Waals surface area (Å²) in [4.78, 5) is 19.7. The highest BCUT2D eigenvalue weighted by Crippen LogP contribution is 2.33. The number of likely N-dealkylation sites (N-methyl/N-ethyl adjacent to an activating group) is 1. The normalized spacial score (nSPS) is 21.8. The molecule has 2 fully saturated rings. The summed E-state index contributed by atoms with van der Waals surface area (Å²) in [7, 11) is 0. The van der Waals surface area contributed by atoms with E-state index in [1.807, 2.05) is 0 Å². The Bertz CT molecular complexity index is 451. The van der Waals surface area contributed by atoms with Crippen molar-refractivity contribution in [3.05, 3.63) is 12.3 Å². The van der Waals surface area contributed by atoms with Gasteiger partial charge in [-0.15, -0.1) is 0 Å². The van der Waals surface area contributed by atoms with E-state index in [1.54, 1.807) is 0 Å². The topological polar surface area (TPSA) is 26.8 Å². The number of carbonyl (C=O) groups is 1. The van der Waals surface area contributed by atoms with E-state index >= 15 is 0 Å². The first kappa shape index (κ1) is 21.3. The van der Waals surface area contributed by atoms with Gasteiger partial charge in [0, 0.05) is 24.8 Å². The summed E-state index contributed by atoms with van der Waals surface area (Å²) >= 11 is 0. The van der Waals surface area contributed by atoms with Gasteiger partial charge in [-0.05, 0) is 32.4 Å². The smallest absolute Gasteiger partial charge is 0.237 e. The molecule has 0 saturated carbocycles. The molecule has 2 aliphatic heterocycles. The SMILES string of the molecule is C=C(CC)N1CC2CC1CN2C(=O)CN(CC)CCCCCCCCC. The van der Waals surface area contributed by atoms with Gasteiger partial charge in [0.2, 0.25) is 5.91 Å². The van der Waals surface area contributed by atoms with E-state index in [-0.39, 0.29) is 0 Å². The van der Waals surface area contributed by atoms with Gasteiger partial charge in [0.05, 0.1) is 12.6 Å². The second-order valence-electron chi connectivity index (χ2n) is 8.15. The summed E-state index contributed by atoms with van der Waals surface area (Å²) in [5, 5.41) is 0. The van der Waals surface area contributed by atoms with Gasteiger partial charge in [0.15, 0.2) is 0 Å². The number of amides is 1. The predicted octanol–water partition coefficient (Wildman–Crippen LogP) is 4.27. The average Bonchev–Trinajstić information content (AvgIpc) is 3.26. The fourth-order valence-corrected chi connectivity index (χ4v) is 4.49. The number of rotatable bonds is 13. The highest BCUT2D eigenvalue weighted by Gasteiger charge is 2.45. The van der Waals surface area contributed by atoms with E-state index in [9.17, 15) is 4.79 Å². The summed E-state index contributed by atoms with van der Waals surface area (Å²) < 4.78 is 0. The average molecular weight is 364 g/mol. The Labute approximate surface area is 161 Å². The maximum atomic E-state index is 12.8. The molecular weight excluding hydrogens is 322 g/mol. The van der Waals surface area contributed by atoms with Gasteiger partial charge in [-0.2, -0.15) is 0 Å². The largest absolute Gasteiger partial charge is 0.368 e. The molecule has 2 unspecified atom stereocenters. The van der Waals surface area contributed by atoms with Gasteiger partial charge in [-0.1, -0.05) is 65.9 Å². The van der Waals surface area contributed by atoms with Crippen LogP contribution < -0.4 is 0 Å². The molecule has 1 amide bonds. The first-order valence-corrected chi connectivity index (χ1v) is 11.1. The third kappa shape index (κ3) is 5.73. The van der Waals surface area contributed by atoms with Crippen molar-refractivity contribution in [2.45, 2.75) is 90.6 Å². The molecule has 2 saturated heterocycles. The number of carbonyl (C=O) groups excluding carboxylic acids is 1. The van der Waals surface area contributed by atoms with Gasteiger partial charge < -0.3 is 9.80 Å². The van der Waals surface area contributed by atoms with Crippen LogP contribution in [0.15, 0.2) is 12.3 Å². The molecule has 4 nitrogen and oxygen atoms in total. The minimum Gasteiger partial charge on any atom is -0.368 e. The molecule has 2 rings (SSSR count). The number of likely N-dealkylation sites (tertiary alicyclic amines) is 2. The number of fused-ring (bicyclic) bond motifs is 2. The van der Waals surface area contributed by atoms with Gasteiger partial charge >= 0.3 is 0 Å². The summed E-state index contributed by atoms with van der Waals surface area (Å²) in [6.07, 6.45) is 11.5. The molecule has 0 radical (unpaired) electrons. The van der Waals surface area contributed by atoms with Gasteiger partial charge in [-0.3, -0.25) is 9.69 Å². The highest BCUT2D eigenvalue weighted by molar-refractivity contribution is 5.79. The van der Waals surface area contributed by atoms with Gasteiger partial charge in [0.1, 0.15) is 0 Å². The molecule has 2 bridgehead atoms. The molecule has 2 aliphatic rings. The minimum absolute atomic E-state index is 0.337. The van der Waals surface area contributed by atoms with Crippen LogP contribution in [-0.4, -0.2) is 65.4 Å². The molecule has 0 aromatic heterocycles. The number of unbranched alkanes of at least 4 members (excludes halogenated alkanes) is 6. The Balaban J connectivity index is 1.66. The van der Waals surface area contributed by atoms with Crippen molar-refractivity contribution in [2.75, 3.05) is 32.7 Å². The Morgan fingerprint density at radius 3 is 2.15 bits per heavy atom. The number of hydrogen-bond donors (Lipinski definition) is 0. The third-order valence-corrected chi connectivity index (χ3v) is 6.26. The van der Waals surface area contributed by atoms with E-state index in [2.05, 4.69) is 42.0 Å². The minimum atomic E-state index is 0.337. The molecule has 0 spiro atoms. The van der Waals surface area contributed by atoms with Gasteiger partial charge in [0.25, 0.3) is 0 Å². The summed E-state index contributed by atoms with van der Waals surface area (Å²) in [6.45, 7) is 15.3. The van der Waals surface area contributed by atoms with Crippen LogP contribution in [0.1, 0.15) is 78.6 Å². The highest BCUT2D eigenvalue weighted by atomic mass is 16.2. The summed E-state index contributed by atoms with van der Waals surface area (Å²) in [5.74, 6) is 0.337. The molecule has 0 N–H and O–H groups in total. The van der Waals surface area contributed by atoms with Gasteiger partial charge in [-0.25, -0.2) is 0 Å². The summed E-state index contributed by atoms with van der Waals surface area (Å²) in [5.41, 5.74) is 1.23. The lowest BCUT2D eigenvalue weighted by atomic mass is 10.1. The van der Waals surface area contributed by atoms with Crippen molar-refractivity contribution in [3.63, 3.8) is 0 Å².